The lowest BCUT2D eigenvalue weighted by Gasteiger charge is -2.06. The quantitative estimate of drug-likeness (QED) is 0.931. The second-order valence-electron chi connectivity index (χ2n) is 3.23. The summed E-state index contributed by atoms with van der Waals surface area (Å²) < 4.78 is 5.46. The number of halogens is 2. The molecular formula is C11H9Cl2N3O. The van der Waals surface area contributed by atoms with E-state index in [0.717, 1.165) is 0 Å². The summed E-state index contributed by atoms with van der Waals surface area (Å²) in [4.78, 5) is 8.11. The lowest BCUT2D eigenvalue weighted by Crippen LogP contribution is -2.00. The van der Waals surface area contributed by atoms with E-state index in [1.807, 2.05) is 0 Å². The summed E-state index contributed by atoms with van der Waals surface area (Å²) >= 11 is 11.8. The van der Waals surface area contributed by atoms with Crippen molar-refractivity contribution < 1.29 is 4.74 Å². The molecule has 0 bridgehead atoms. The number of nitrogens with zero attached hydrogens (tertiary/aromatic N) is 2. The van der Waals surface area contributed by atoms with Gasteiger partial charge in [0.2, 0.25) is 5.88 Å². The van der Waals surface area contributed by atoms with Crippen molar-refractivity contribution in [1.82, 2.24) is 9.97 Å². The van der Waals surface area contributed by atoms with Gasteiger partial charge < -0.3 is 10.5 Å². The Balaban J connectivity index is 2.22. The summed E-state index contributed by atoms with van der Waals surface area (Å²) in [5.74, 6) is 0.778. The van der Waals surface area contributed by atoms with Crippen LogP contribution in [0.25, 0.3) is 0 Å². The van der Waals surface area contributed by atoms with Gasteiger partial charge in [0.15, 0.2) is 0 Å². The van der Waals surface area contributed by atoms with E-state index < -0.39 is 0 Å². The molecule has 2 aromatic rings. The van der Waals surface area contributed by atoms with Gasteiger partial charge in [-0.1, -0.05) is 23.2 Å². The fourth-order valence-electron chi connectivity index (χ4n) is 1.17. The van der Waals surface area contributed by atoms with Crippen molar-refractivity contribution in [3.05, 3.63) is 46.3 Å². The van der Waals surface area contributed by atoms with E-state index in [-0.39, 0.29) is 0 Å². The molecule has 0 fully saturated rings. The average molecular weight is 270 g/mol. The van der Waals surface area contributed by atoms with Gasteiger partial charge in [-0.25, -0.2) is 4.98 Å². The SMILES string of the molecule is NCc1cnc(Oc2cc(Cl)ccc2Cl)cn1. The Kier molecular flexibility index (Phi) is 3.78. The smallest absolute Gasteiger partial charge is 0.237 e. The minimum Gasteiger partial charge on any atom is -0.436 e. The van der Waals surface area contributed by atoms with Crippen molar-refractivity contribution in [2.75, 3.05) is 0 Å². The second-order valence-corrected chi connectivity index (χ2v) is 4.07. The lowest BCUT2D eigenvalue weighted by molar-refractivity contribution is 0.459. The highest BCUT2D eigenvalue weighted by Crippen LogP contribution is 2.30. The summed E-state index contributed by atoms with van der Waals surface area (Å²) in [5.41, 5.74) is 6.10. The van der Waals surface area contributed by atoms with Crippen molar-refractivity contribution >= 4 is 23.2 Å². The monoisotopic (exact) mass is 269 g/mol. The Morgan fingerprint density at radius 1 is 1.18 bits per heavy atom. The molecule has 0 spiro atoms. The van der Waals surface area contributed by atoms with Crippen LogP contribution >= 0.6 is 23.2 Å². The molecule has 0 aliphatic rings. The van der Waals surface area contributed by atoms with E-state index in [1.165, 1.54) is 6.20 Å². The highest BCUT2D eigenvalue weighted by molar-refractivity contribution is 6.34. The summed E-state index contributed by atoms with van der Waals surface area (Å²) in [6, 6.07) is 4.95. The minimum atomic E-state index is 0.338. The van der Waals surface area contributed by atoms with Crippen LogP contribution in [0, 0.1) is 0 Å². The summed E-state index contributed by atoms with van der Waals surface area (Å²) in [5, 5.41) is 0.995. The fraction of sp³-hybridized carbons (Fsp3) is 0.0909. The van der Waals surface area contributed by atoms with Crippen LogP contribution < -0.4 is 10.5 Å². The molecule has 2 rings (SSSR count). The van der Waals surface area contributed by atoms with E-state index in [2.05, 4.69) is 9.97 Å². The topological polar surface area (TPSA) is 61.0 Å². The summed E-state index contributed by atoms with van der Waals surface area (Å²) in [6.07, 6.45) is 3.03. The van der Waals surface area contributed by atoms with Gasteiger partial charge in [-0.3, -0.25) is 4.98 Å². The van der Waals surface area contributed by atoms with Crippen LogP contribution in [0.1, 0.15) is 5.69 Å². The maximum absolute atomic E-state index is 5.95. The molecule has 1 aromatic carbocycles. The minimum absolute atomic E-state index is 0.338. The zero-order valence-corrected chi connectivity index (χ0v) is 10.2. The van der Waals surface area contributed by atoms with Crippen molar-refractivity contribution in [2.24, 2.45) is 5.73 Å². The number of nitrogens with two attached hydrogens (primary N) is 1. The molecule has 0 saturated carbocycles. The first-order valence-corrected chi connectivity index (χ1v) is 5.58. The molecule has 0 atom stereocenters. The molecule has 1 aromatic heterocycles. The Morgan fingerprint density at radius 2 is 2.00 bits per heavy atom. The Bertz CT molecular complexity index is 517. The predicted octanol–water partition coefficient (Wildman–Crippen LogP) is 3.03. The Labute approximate surface area is 108 Å². The molecule has 1 heterocycles. The first-order chi connectivity index (χ1) is 8.19. The molecule has 6 heteroatoms. The van der Waals surface area contributed by atoms with Gasteiger partial charge in [0, 0.05) is 17.6 Å². The van der Waals surface area contributed by atoms with Gasteiger partial charge in [-0.15, -0.1) is 0 Å². The fourth-order valence-corrected chi connectivity index (χ4v) is 1.49. The third-order valence-corrected chi connectivity index (χ3v) is 2.55. The third-order valence-electron chi connectivity index (χ3n) is 2.00. The van der Waals surface area contributed by atoms with E-state index in [9.17, 15) is 0 Å². The standard InChI is InChI=1S/C11H9Cl2N3O/c12-7-1-2-9(13)10(3-7)17-11-6-15-8(4-14)5-16-11/h1-3,5-6H,4,14H2. The van der Waals surface area contributed by atoms with Gasteiger partial charge >= 0.3 is 0 Å². The number of aromatic nitrogens is 2. The molecule has 0 amide bonds. The molecule has 4 nitrogen and oxygen atoms in total. The van der Waals surface area contributed by atoms with Crippen LogP contribution in [0.5, 0.6) is 11.6 Å². The van der Waals surface area contributed by atoms with Crippen LogP contribution in [-0.4, -0.2) is 9.97 Å². The van der Waals surface area contributed by atoms with E-state index in [4.69, 9.17) is 33.7 Å². The van der Waals surface area contributed by atoms with Crippen LogP contribution in [-0.2, 0) is 6.54 Å². The maximum atomic E-state index is 5.95. The number of rotatable bonds is 3. The number of hydrogen-bond acceptors (Lipinski definition) is 4. The number of benzene rings is 1. The molecule has 0 unspecified atom stereocenters. The second kappa shape index (κ2) is 5.31. The normalized spacial score (nSPS) is 10.3. The van der Waals surface area contributed by atoms with Crippen molar-refractivity contribution in [3.8, 4) is 11.6 Å². The zero-order chi connectivity index (χ0) is 12.3. The Hall–Kier alpha value is -1.36. The van der Waals surface area contributed by atoms with Crippen molar-refractivity contribution in [3.63, 3.8) is 0 Å². The summed E-state index contributed by atoms with van der Waals surface area (Å²) in [6.45, 7) is 0.338. The molecule has 0 aliphatic carbocycles. The highest BCUT2D eigenvalue weighted by Gasteiger charge is 2.05. The Morgan fingerprint density at radius 3 is 2.65 bits per heavy atom. The lowest BCUT2D eigenvalue weighted by atomic mass is 10.3. The molecule has 2 N–H and O–H groups in total. The van der Waals surface area contributed by atoms with Crippen molar-refractivity contribution in [2.45, 2.75) is 6.54 Å². The van der Waals surface area contributed by atoms with Gasteiger partial charge in [0.05, 0.1) is 23.1 Å². The highest BCUT2D eigenvalue weighted by atomic mass is 35.5. The maximum Gasteiger partial charge on any atom is 0.237 e. The van der Waals surface area contributed by atoms with Crippen LogP contribution in [0.2, 0.25) is 10.0 Å². The summed E-state index contributed by atoms with van der Waals surface area (Å²) in [7, 11) is 0. The van der Waals surface area contributed by atoms with E-state index in [1.54, 1.807) is 24.4 Å². The van der Waals surface area contributed by atoms with Gasteiger partial charge in [0.25, 0.3) is 0 Å². The first kappa shape index (κ1) is 12.1. The first-order valence-electron chi connectivity index (χ1n) is 4.83. The molecule has 88 valence electrons. The largest absolute Gasteiger partial charge is 0.436 e. The molecule has 0 aliphatic heterocycles. The van der Waals surface area contributed by atoms with Gasteiger partial charge in [-0.05, 0) is 12.1 Å². The zero-order valence-electron chi connectivity index (χ0n) is 8.73. The average Bonchev–Trinajstić information content (AvgIpc) is 2.35. The van der Waals surface area contributed by atoms with Crippen LogP contribution in [0.4, 0.5) is 0 Å². The van der Waals surface area contributed by atoms with Gasteiger partial charge in [0.1, 0.15) is 5.75 Å². The predicted molar refractivity (Wildman–Crippen MR) is 66.5 cm³/mol. The van der Waals surface area contributed by atoms with E-state index >= 15 is 0 Å². The number of ether oxygens (including phenoxy) is 1. The van der Waals surface area contributed by atoms with Crippen LogP contribution in [0.15, 0.2) is 30.6 Å². The molecular weight excluding hydrogens is 261 g/mol. The van der Waals surface area contributed by atoms with E-state index in [0.29, 0.717) is 33.9 Å². The molecule has 0 saturated heterocycles. The number of hydrogen-bond donors (Lipinski definition) is 1. The molecule has 17 heavy (non-hydrogen) atoms. The van der Waals surface area contributed by atoms with Crippen LogP contribution in [0.3, 0.4) is 0 Å². The van der Waals surface area contributed by atoms with Gasteiger partial charge in [-0.2, -0.15) is 0 Å². The third kappa shape index (κ3) is 3.06. The van der Waals surface area contributed by atoms with Crippen molar-refractivity contribution in [1.29, 1.82) is 0 Å². The molecule has 0 radical (unpaired) electrons.